The topological polar surface area (TPSA) is 8.17 Å². The average Bonchev–Trinajstić information content (AvgIpc) is 3.80. The Hall–Kier alpha value is -6.94. The summed E-state index contributed by atoms with van der Waals surface area (Å²) in [5.41, 5.74) is 12.6. The number of para-hydroxylation sites is 1. The highest BCUT2D eigenvalue weighted by atomic mass is 32.1. The zero-order valence-electron chi connectivity index (χ0n) is 30.8. The maximum atomic E-state index is 4.26. The molecule has 7 aromatic carbocycles. The Morgan fingerprint density at radius 1 is 0.500 bits per heavy atom. The van der Waals surface area contributed by atoms with Crippen LogP contribution in [0, 0.1) is 0 Å². The molecule has 0 saturated carbocycles. The summed E-state index contributed by atoms with van der Waals surface area (Å²) in [7, 11) is 0. The lowest BCUT2D eigenvalue weighted by Crippen LogP contribution is -2.15. The number of aromatic nitrogens is 1. The third-order valence-electron chi connectivity index (χ3n) is 10.7. The molecule has 0 atom stereocenters. The molecule has 2 heterocycles. The monoisotopic (exact) mass is 734 g/mol. The van der Waals surface area contributed by atoms with Crippen LogP contribution in [0.5, 0.6) is 0 Å². The summed E-state index contributed by atoms with van der Waals surface area (Å²) in [6, 6.07) is 59.6. The summed E-state index contributed by atoms with van der Waals surface area (Å²) in [4.78, 5) is 2.36. The Morgan fingerprint density at radius 3 is 2.09 bits per heavy atom. The molecule has 2 aromatic heterocycles. The number of nitrogens with zero attached hydrogens (tertiary/aromatic N) is 2. The van der Waals surface area contributed by atoms with Gasteiger partial charge in [0.15, 0.2) is 0 Å². The second-order valence-corrected chi connectivity index (χ2v) is 15.2. The number of fused-ring (bicyclic) bond motifs is 6. The van der Waals surface area contributed by atoms with Crippen molar-refractivity contribution in [3.8, 4) is 27.9 Å². The largest absolute Gasteiger partial charge is 0.311 e. The molecular weight excluding hydrogens is 697 g/mol. The quantitative estimate of drug-likeness (QED) is 0.165. The van der Waals surface area contributed by atoms with Crippen molar-refractivity contribution >= 4 is 64.7 Å². The van der Waals surface area contributed by atoms with Crippen LogP contribution in [0.3, 0.4) is 0 Å². The van der Waals surface area contributed by atoms with Crippen molar-refractivity contribution < 1.29 is 0 Å². The fourth-order valence-corrected chi connectivity index (χ4v) is 9.24. The van der Waals surface area contributed by atoms with E-state index in [9.17, 15) is 0 Å². The van der Waals surface area contributed by atoms with Crippen LogP contribution >= 0.6 is 11.3 Å². The Balaban J connectivity index is 1.10. The molecule has 56 heavy (non-hydrogen) atoms. The third kappa shape index (κ3) is 6.09. The van der Waals surface area contributed by atoms with Gasteiger partial charge in [-0.25, -0.2) is 0 Å². The summed E-state index contributed by atoms with van der Waals surface area (Å²) in [6.45, 7) is 4.26. The zero-order chi connectivity index (χ0) is 37.4. The third-order valence-corrected chi connectivity index (χ3v) is 11.9. The molecule has 0 fully saturated rings. The maximum Gasteiger partial charge on any atom is 0.0640 e. The van der Waals surface area contributed by atoms with Gasteiger partial charge in [0.05, 0.1) is 21.4 Å². The highest BCUT2D eigenvalue weighted by Gasteiger charge is 2.18. The fraction of sp³-hybridized carbons (Fsp3) is 0.0189. The van der Waals surface area contributed by atoms with E-state index < -0.39 is 0 Å². The number of thiophene rings is 1. The first kappa shape index (κ1) is 33.6. The van der Waals surface area contributed by atoms with Crippen molar-refractivity contribution in [3.05, 3.63) is 224 Å². The van der Waals surface area contributed by atoms with E-state index in [0.717, 1.165) is 34.6 Å². The summed E-state index contributed by atoms with van der Waals surface area (Å²) in [5.74, 6) is 0. The summed E-state index contributed by atoms with van der Waals surface area (Å²) in [5, 5.41) is 5.11. The normalized spacial score (nSPS) is 15.3. The van der Waals surface area contributed by atoms with E-state index in [1.807, 2.05) is 23.5 Å². The Labute approximate surface area is 331 Å². The summed E-state index contributed by atoms with van der Waals surface area (Å²) in [6.07, 6.45) is 15.7. The minimum absolute atomic E-state index is 0.810. The average molecular weight is 735 g/mol. The summed E-state index contributed by atoms with van der Waals surface area (Å²) >= 11 is 1.88. The predicted octanol–water partition coefficient (Wildman–Crippen LogP) is 15.1. The van der Waals surface area contributed by atoms with Crippen molar-refractivity contribution in [3.63, 3.8) is 0 Å². The van der Waals surface area contributed by atoms with Gasteiger partial charge >= 0.3 is 0 Å². The van der Waals surface area contributed by atoms with Crippen molar-refractivity contribution in [1.82, 2.24) is 4.57 Å². The van der Waals surface area contributed by atoms with Crippen LogP contribution in [0.2, 0.25) is 0 Å². The van der Waals surface area contributed by atoms with Crippen LogP contribution in [0.25, 0.3) is 69.9 Å². The number of allylic oxidation sites excluding steroid dienone is 8. The minimum atomic E-state index is 0.810. The molecule has 1 aliphatic rings. The number of rotatable bonds is 6. The van der Waals surface area contributed by atoms with E-state index in [1.54, 1.807) is 0 Å². The van der Waals surface area contributed by atoms with Gasteiger partial charge in [-0.05, 0) is 94.9 Å². The van der Waals surface area contributed by atoms with Crippen LogP contribution in [0.4, 0.5) is 11.4 Å². The Kier molecular flexibility index (Phi) is 8.63. The highest BCUT2D eigenvalue weighted by molar-refractivity contribution is 7.26. The molecule has 0 spiro atoms. The van der Waals surface area contributed by atoms with Crippen molar-refractivity contribution in [1.29, 1.82) is 0 Å². The zero-order valence-corrected chi connectivity index (χ0v) is 31.7. The minimum Gasteiger partial charge on any atom is -0.311 e. The molecule has 0 bridgehead atoms. The molecule has 2 nitrogen and oxygen atoms in total. The molecule has 1 aliphatic carbocycles. The van der Waals surface area contributed by atoms with Gasteiger partial charge in [0.2, 0.25) is 0 Å². The number of anilines is 2. The number of hydrogen-bond donors (Lipinski definition) is 0. The van der Waals surface area contributed by atoms with Gasteiger partial charge in [0.25, 0.3) is 0 Å². The molecule has 10 rings (SSSR count). The number of hydrogen-bond acceptors (Lipinski definition) is 2. The number of benzene rings is 7. The first-order valence-electron chi connectivity index (χ1n) is 19.1. The van der Waals surface area contributed by atoms with E-state index in [4.69, 9.17) is 0 Å². The lowest BCUT2D eigenvalue weighted by molar-refractivity contribution is 1.18. The van der Waals surface area contributed by atoms with Crippen molar-refractivity contribution in [2.24, 2.45) is 0 Å². The molecular formula is C53H38N2S. The van der Waals surface area contributed by atoms with Gasteiger partial charge in [-0.2, -0.15) is 0 Å². The molecule has 0 amide bonds. The molecule has 266 valence electrons. The van der Waals surface area contributed by atoms with Crippen LogP contribution < -0.4 is 4.90 Å². The van der Waals surface area contributed by atoms with Crippen LogP contribution in [0.1, 0.15) is 6.42 Å². The van der Waals surface area contributed by atoms with Crippen LogP contribution in [-0.2, 0) is 0 Å². The molecule has 3 heteroatoms. The molecule has 0 radical (unpaired) electrons. The van der Waals surface area contributed by atoms with Gasteiger partial charge in [-0.3, -0.25) is 0 Å². The standard InChI is InChI=1S/C53H38N2S/c1-37-15-5-2-3-8-19-42(31-27-37)54(43-32-28-39(29-33-43)38-16-6-4-7-17-38)44-20-13-18-40(35-44)41-30-34-50-48(36-41)45-21-9-11-24-49(45)55(50)51-25-14-23-47-46-22-10-12-26-52(46)56-53(47)51/h2-7,9-36H,1,8H2/b3-2-,15-5-,31-27?,42-19+. The van der Waals surface area contributed by atoms with Gasteiger partial charge in [-0.1, -0.05) is 152 Å². The maximum absolute atomic E-state index is 4.26. The fourth-order valence-electron chi connectivity index (χ4n) is 8.03. The molecule has 0 N–H and O–H groups in total. The van der Waals surface area contributed by atoms with E-state index in [2.05, 4.69) is 210 Å². The van der Waals surface area contributed by atoms with E-state index in [-0.39, 0.29) is 0 Å². The Morgan fingerprint density at radius 2 is 1.20 bits per heavy atom. The van der Waals surface area contributed by atoms with Crippen LogP contribution in [-0.4, -0.2) is 4.57 Å². The second kappa shape index (κ2) is 14.4. The van der Waals surface area contributed by atoms with Gasteiger partial charge in [-0.15, -0.1) is 11.3 Å². The van der Waals surface area contributed by atoms with Gasteiger partial charge in [0.1, 0.15) is 0 Å². The lowest BCUT2D eigenvalue weighted by Gasteiger charge is -2.27. The molecule has 0 saturated heterocycles. The lowest BCUT2D eigenvalue weighted by atomic mass is 10.0. The molecule has 9 aromatic rings. The molecule has 0 aliphatic heterocycles. The van der Waals surface area contributed by atoms with Crippen molar-refractivity contribution in [2.75, 3.05) is 4.90 Å². The SMILES string of the molecule is C=C1C=C/C(N(c2ccc(-c3ccccc3)cc2)c2cccc(-c3ccc4c(c3)c3ccccc3n4-c3cccc4c3sc3ccccc34)c2)=C\C/C=C\C=C/1. The van der Waals surface area contributed by atoms with Crippen molar-refractivity contribution in [2.45, 2.75) is 6.42 Å². The highest BCUT2D eigenvalue weighted by Crippen LogP contribution is 2.42. The predicted molar refractivity (Wildman–Crippen MR) is 242 cm³/mol. The van der Waals surface area contributed by atoms with E-state index in [0.29, 0.717) is 0 Å². The first-order valence-corrected chi connectivity index (χ1v) is 19.9. The van der Waals surface area contributed by atoms with Crippen LogP contribution in [0.15, 0.2) is 224 Å². The molecule has 0 unspecified atom stereocenters. The van der Waals surface area contributed by atoms with E-state index in [1.165, 1.54) is 64.4 Å². The second-order valence-electron chi connectivity index (χ2n) is 14.2. The first-order chi connectivity index (χ1) is 27.7. The smallest absolute Gasteiger partial charge is 0.0640 e. The summed E-state index contributed by atoms with van der Waals surface area (Å²) < 4.78 is 5.08. The van der Waals surface area contributed by atoms with E-state index >= 15 is 0 Å². The van der Waals surface area contributed by atoms with Gasteiger partial charge in [0, 0.05) is 43.3 Å². The Bertz CT molecular complexity index is 3060. The van der Waals surface area contributed by atoms with Gasteiger partial charge < -0.3 is 9.47 Å².